The number of nitrogens with zero attached hydrogens (tertiary/aromatic N) is 1. The third-order valence-corrected chi connectivity index (χ3v) is 3.13. The molecule has 0 saturated heterocycles. The van der Waals surface area contributed by atoms with Crippen LogP contribution in [0.4, 0.5) is 0 Å². The summed E-state index contributed by atoms with van der Waals surface area (Å²) in [5, 5.41) is 0. The smallest absolute Gasteiger partial charge is 0.338 e. The van der Waals surface area contributed by atoms with Gasteiger partial charge in [-0.25, -0.2) is 4.79 Å². The van der Waals surface area contributed by atoms with Gasteiger partial charge in [0.25, 0.3) is 0 Å². The Kier molecular flexibility index (Phi) is 2.63. The first-order chi connectivity index (χ1) is 9.22. The van der Waals surface area contributed by atoms with Gasteiger partial charge in [-0.15, -0.1) is 0 Å². The summed E-state index contributed by atoms with van der Waals surface area (Å²) in [6, 6.07) is 6.86. The fraction of sp³-hybridized carbons (Fsp3) is 0.133. The Morgan fingerprint density at radius 3 is 2.74 bits per heavy atom. The van der Waals surface area contributed by atoms with E-state index >= 15 is 0 Å². The topological polar surface area (TPSA) is 56.3 Å². The van der Waals surface area contributed by atoms with Crippen molar-refractivity contribution in [1.82, 2.24) is 4.98 Å². The highest BCUT2D eigenvalue weighted by atomic mass is 16.5. The fourth-order valence-corrected chi connectivity index (χ4v) is 2.26. The van der Waals surface area contributed by atoms with Crippen LogP contribution in [-0.4, -0.2) is 23.3 Å². The summed E-state index contributed by atoms with van der Waals surface area (Å²) in [6.07, 6.45) is 3.21. The Labute approximate surface area is 110 Å². The second kappa shape index (κ2) is 4.31. The molecule has 1 aliphatic rings. The highest BCUT2D eigenvalue weighted by Gasteiger charge is 2.27. The van der Waals surface area contributed by atoms with E-state index in [0.717, 1.165) is 11.1 Å². The first kappa shape index (κ1) is 11.6. The molecule has 4 nitrogen and oxygen atoms in total. The van der Waals surface area contributed by atoms with Crippen LogP contribution in [0.5, 0.6) is 0 Å². The van der Waals surface area contributed by atoms with Crippen LogP contribution in [0.2, 0.25) is 0 Å². The van der Waals surface area contributed by atoms with E-state index in [-0.39, 0.29) is 5.78 Å². The van der Waals surface area contributed by atoms with Crippen LogP contribution in [0.1, 0.15) is 33.2 Å². The maximum atomic E-state index is 12.2. The molecule has 0 unspecified atom stereocenters. The van der Waals surface area contributed by atoms with Crippen molar-refractivity contribution in [1.29, 1.82) is 0 Å². The molecule has 3 rings (SSSR count). The molecular weight excluding hydrogens is 242 g/mol. The van der Waals surface area contributed by atoms with E-state index in [2.05, 4.69) is 4.98 Å². The Balaban J connectivity index is 2.10. The minimum Gasteiger partial charge on any atom is -0.462 e. The van der Waals surface area contributed by atoms with Crippen LogP contribution in [0.3, 0.4) is 0 Å². The molecule has 0 spiro atoms. The average Bonchev–Trinajstić information content (AvgIpc) is 2.73. The number of hydrogen-bond donors (Lipinski definition) is 0. The minimum atomic E-state index is -0.410. The van der Waals surface area contributed by atoms with Gasteiger partial charge in [0.1, 0.15) is 0 Å². The van der Waals surface area contributed by atoms with E-state index in [0.29, 0.717) is 23.3 Å². The van der Waals surface area contributed by atoms with Crippen LogP contribution in [0, 0.1) is 0 Å². The van der Waals surface area contributed by atoms with Gasteiger partial charge in [-0.1, -0.05) is 6.07 Å². The second-order valence-corrected chi connectivity index (χ2v) is 4.23. The van der Waals surface area contributed by atoms with E-state index < -0.39 is 5.97 Å². The number of ether oxygens (including phenoxy) is 1. The van der Waals surface area contributed by atoms with Crippen molar-refractivity contribution >= 4 is 11.8 Å². The first-order valence-corrected chi connectivity index (χ1v) is 6.02. The molecule has 2 aromatic rings. The van der Waals surface area contributed by atoms with Crippen molar-refractivity contribution in [3.63, 3.8) is 0 Å². The Morgan fingerprint density at radius 1 is 1.16 bits per heavy atom. The normalized spacial score (nSPS) is 11.9. The minimum absolute atomic E-state index is 0.0933. The molecule has 1 heterocycles. The number of benzene rings is 1. The zero-order chi connectivity index (χ0) is 13.4. The Morgan fingerprint density at radius 2 is 1.95 bits per heavy atom. The fourth-order valence-electron chi connectivity index (χ4n) is 2.26. The summed E-state index contributed by atoms with van der Waals surface area (Å²) in [7, 11) is 0. The molecule has 0 saturated carbocycles. The van der Waals surface area contributed by atoms with Crippen molar-refractivity contribution in [3.8, 4) is 11.1 Å². The molecule has 1 aromatic heterocycles. The largest absolute Gasteiger partial charge is 0.462 e. The van der Waals surface area contributed by atoms with Crippen LogP contribution in [0.25, 0.3) is 11.1 Å². The number of esters is 1. The van der Waals surface area contributed by atoms with Gasteiger partial charge in [0, 0.05) is 23.5 Å². The quantitative estimate of drug-likeness (QED) is 0.658. The maximum Gasteiger partial charge on any atom is 0.338 e. The molecular formula is C15H11NO3. The van der Waals surface area contributed by atoms with Gasteiger partial charge in [0.05, 0.1) is 12.2 Å². The summed E-state index contributed by atoms with van der Waals surface area (Å²) in [6.45, 7) is 2.06. The van der Waals surface area contributed by atoms with E-state index in [4.69, 9.17) is 4.74 Å². The van der Waals surface area contributed by atoms with Gasteiger partial charge in [0.2, 0.25) is 0 Å². The van der Waals surface area contributed by atoms with Gasteiger partial charge in [-0.05, 0) is 36.2 Å². The molecule has 4 heteroatoms. The Bertz CT molecular complexity index is 692. The van der Waals surface area contributed by atoms with E-state index in [1.807, 2.05) is 6.07 Å². The van der Waals surface area contributed by atoms with Crippen molar-refractivity contribution in [2.45, 2.75) is 6.92 Å². The van der Waals surface area contributed by atoms with E-state index in [9.17, 15) is 9.59 Å². The summed E-state index contributed by atoms with van der Waals surface area (Å²) >= 11 is 0. The number of carbonyl (C=O) groups is 2. The molecule has 0 fully saturated rings. The summed E-state index contributed by atoms with van der Waals surface area (Å²) in [4.78, 5) is 27.9. The number of aromatic nitrogens is 1. The third-order valence-electron chi connectivity index (χ3n) is 3.13. The van der Waals surface area contributed by atoms with Gasteiger partial charge >= 0.3 is 5.97 Å². The summed E-state index contributed by atoms with van der Waals surface area (Å²) < 4.78 is 4.94. The van der Waals surface area contributed by atoms with Gasteiger partial charge in [-0.3, -0.25) is 9.78 Å². The highest BCUT2D eigenvalue weighted by molar-refractivity contribution is 6.22. The maximum absolute atomic E-state index is 12.2. The monoisotopic (exact) mass is 253 g/mol. The molecule has 0 aliphatic heterocycles. The second-order valence-electron chi connectivity index (χ2n) is 4.23. The average molecular weight is 253 g/mol. The van der Waals surface area contributed by atoms with Gasteiger partial charge in [-0.2, -0.15) is 0 Å². The van der Waals surface area contributed by atoms with Gasteiger partial charge in [0.15, 0.2) is 5.78 Å². The lowest BCUT2D eigenvalue weighted by atomic mass is 10.0. The van der Waals surface area contributed by atoms with Crippen molar-refractivity contribution < 1.29 is 14.3 Å². The lowest BCUT2D eigenvalue weighted by Gasteiger charge is -2.04. The van der Waals surface area contributed by atoms with Crippen LogP contribution in [0.15, 0.2) is 36.7 Å². The SMILES string of the molecule is CCOC(=O)c1ccc2c(c1)C(=O)c1cnccc1-2. The van der Waals surface area contributed by atoms with Crippen molar-refractivity contribution in [2.75, 3.05) is 6.61 Å². The van der Waals surface area contributed by atoms with Crippen LogP contribution >= 0.6 is 0 Å². The number of rotatable bonds is 2. The molecule has 19 heavy (non-hydrogen) atoms. The van der Waals surface area contributed by atoms with E-state index in [1.165, 1.54) is 0 Å². The van der Waals surface area contributed by atoms with E-state index in [1.54, 1.807) is 37.5 Å². The molecule has 0 bridgehead atoms. The number of hydrogen-bond acceptors (Lipinski definition) is 4. The van der Waals surface area contributed by atoms with Gasteiger partial charge < -0.3 is 4.74 Å². The zero-order valence-electron chi connectivity index (χ0n) is 10.3. The first-order valence-electron chi connectivity index (χ1n) is 6.02. The molecule has 0 radical (unpaired) electrons. The molecule has 0 N–H and O–H groups in total. The lowest BCUT2D eigenvalue weighted by molar-refractivity contribution is 0.0526. The number of carbonyl (C=O) groups excluding carboxylic acids is 2. The molecule has 1 aliphatic carbocycles. The lowest BCUT2D eigenvalue weighted by Crippen LogP contribution is -2.06. The summed E-state index contributed by atoms with van der Waals surface area (Å²) in [5.74, 6) is -0.503. The summed E-state index contributed by atoms with van der Waals surface area (Å²) in [5.41, 5.74) is 3.22. The highest BCUT2D eigenvalue weighted by Crippen LogP contribution is 2.36. The molecule has 94 valence electrons. The number of ketones is 1. The van der Waals surface area contributed by atoms with Crippen molar-refractivity contribution in [2.24, 2.45) is 0 Å². The zero-order valence-corrected chi connectivity index (χ0v) is 10.3. The molecule has 0 amide bonds. The molecule has 0 atom stereocenters. The Hall–Kier alpha value is -2.49. The number of pyridine rings is 1. The molecule has 1 aromatic carbocycles. The predicted octanol–water partition coefficient (Wildman–Crippen LogP) is 2.47. The third kappa shape index (κ3) is 1.73. The van der Waals surface area contributed by atoms with Crippen LogP contribution in [-0.2, 0) is 4.74 Å². The van der Waals surface area contributed by atoms with Crippen molar-refractivity contribution in [3.05, 3.63) is 53.3 Å². The number of fused-ring (bicyclic) bond motifs is 3. The predicted molar refractivity (Wildman–Crippen MR) is 69.1 cm³/mol. The standard InChI is InChI=1S/C15H11NO3/c1-2-19-15(18)9-3-4-10-11-5-6-16-8-13(11)14(17)12(10)7-9/h3-8H,2H2,1H3. The van der Waals surface area contributed by atoms with Crippen LogP contribution < -0.4 is 0 Å².